The van der Waals surface area contributed by atoms with Crippen molar-refractivity contribution in [2.24, 2.45) is 0 Å². The first-order chi connectivity index (χ1) is 15.9. The maximum absolute atomic E-state index is 12.1. The number of ether oxygens (including phenoxy) is 2. The molecule has 3 atom stereocenters. The first kappa shape index (κ1) is 23.3. The summed E-state index contributed by atoms with van der Waals surface area (Å²) in [6, 6.07) is 24.2. The van der Waals surface area contributed by atoms with Crippen LogP contribution in [0.2, 0.25) is 0 Å². The first-order valence-corrected chi connectivity index (χ1v) is 12.1. The summed E-state index contributed by atoms with van der Waals surface area (Å²) in [4.78, 5) is 12.1. The Morgan fingerprint density at radius 3 is 2.52 bits per heavy atom. The topological polar surface area (TPSA) is 47.6 Å². The second-order valence-corrected chi connectivity index (χ2v) is 9.57. The van der Waals surface area contributed by atoms with Gasteiger partial charge in [-0.3, -0.25) is 0 Å². The van der Waals surface area contributed by atoms with Crippen LogP contribution < -0.4 is 10.1 Å². The molecule has 4 rings (SSSR count). The summed E-state index contributed by atoms with van der Waals surface area (Å²) in [5.41, 5.74) is 1.69. The molecule has 1 fully saturated rings. The Morgan fingerprint density at radius 2 is 1.76 bits per heavy atom. The number of benzene rings is 3. The van der Waals surface area contributed by atoms with Gasteiger partial charge in [-0.05, 0) is 86.9 Å². The largest absolute Gasteiger partial charge is 0.476 e. The molecule has 0 aromatic heterocycles. The summed E-state index contributed by atoms with van der Waals surface area (Å²) in [5.74, 6) is 0.877. The minimum absolute atomic E-state index is 0.306. The van der Waals surface area contributed by atoms with Crippen LogP contribution in [0.1, 0.15) is 70.0 Å². The fraction of sp³-hybridized carbons (Fsp3) is 0.414. The highest BCUT2D eigenvalue weighted by Crippen LogP contribution is 2.37. The van der Waals surface area contributed by atoms with Crippen molar-refractivity contribution in [3.05, 3.63) is 77.9 Å². The van der Waals surface area contributed by atoms with Gasteiger partial charge in [0.25, 0.3) is 0 Å². The zero-order valence-electron chi connectivity index (χ0n) is 20.1. The Labute approximate surface area is 197 Å². The molecular formula is C29H35NO3. The third-order valence-corrected chi connectivity index (χ3v) is 6.70. The van der Waals surface area contributed by atoms with E-state index >= 15 is 0 Å². The van der Waals surface area contributed by atoms with Crippen molar-refractivity contribution in [3.8, 4) is 5.75 Å². The smallest absolute Gasteiger partial charge is 0.349 e. The highest BCUT2D eigenvalue weighted by Gasteiger charge is 2.32. The zero-order chi connectivity index (χ0) is 23.4. The monoisotopic (exact) mass is 445 g/mol. The molecule has 3 aromatic rings. The fourth-order valence-corrected chi connectivity index (χ4v) is 4.96. The lowest BCUT2D eigenvalue weighted by molar-refractivity contribution is -0.158. The highest BCUT2D eigenvalue weighted by atomic mass is 16.6. The van der Waals surface area contributed by atoms with Gasteiger partial charge in [-0.15, -0.1) is 0 Å². The number of hydrogen-bond donors (Lipinski definition) is 1. The van der Waals surface area contributed by atoms with Crippen LogP contribution in [0.5, 0.6) is 5.75 Å². The summed E-state index contributed by atoms with van der Waals surface area (Å²) in [5, 5.41) is 6.50. The first-order valence-electron chi connectivity index (χ1n) is 12.1. The molecule has 0 saturated heterocycles. The molecule has 4 nitrogen and oxygen atoms in total. The summed E-state index contributed by atoms with van der Waals surface area (Å²) < 4.78 is 11.0. The minimum Gasteiger partial charge on any atom is -0.476 e. The van der Waals surface area contributed by atoms with Crippen LogP contribution in [0.15, 0.2) is 66.7 Å². The Hall–Kier alpha value is -2.85. The van der Waals surface area contributed by atoms with Gasteiger partial charge in [-0.1, -0.05) is 54.6 Å². The van der Waals surface area contributed by atoms with Gasteiger partial charge in [0.05, 0.1) is 6.61 Å². The number of esters is 1. The standard InChI is InChI=1S/C29H35NO3/c1-5-32-28(31)29(3,4)33-25-17-14-21(15-18-25)23-13-16-24(19-23)30-20(2)26-12-8-10-22-9-6-7-11-27(22)26/h6-12,14-15,17-18,20,23-24,30H,5,13,16,19H2,1-4H3/t20-,23-,24+/m1/s1. The van der Waals surface area contributed by atoms with Crippen molar-refractivity contribution < 1.29 is 14.3 Å². The average Bonchev–Trinajstić information content (AvgIpc) is 3.27. The molecule has 4 heteroatoms. The van der Waals surface area contributed by atoms with E-state index in [0.717, 1.165) is 6.42 Å². The number of carbonyl (C=O) groups is 1. The van der Waals surface area contributed by atoms with E-state index in [-0.39, 0.29) is 5.97 Å². The zero-order valence-corrected chi connectivity index (χ0v) is 20.1. The van der Waals surface area contributed by atoms with Crippen LogP contribution in [0.25, 0.3) is 10.8 Å². The number of nitrogens with one attached hydrogen (secondary N) is 1. The van der Waals surface area contributed by atoms with E-state index in [0.29, 0.717) is 30.4 Å². The molecule has 1 saturated carbocycles. The normalized spacial score (nSPS) is 19.4. The maximum atomic E-state index is 12.1. The number of hydrogen-bond acceptors (Lipinski definition) is 4. The molecule has 0 amide bonds. The van der Waals surface area contributed by atoms with Crippen LogP contribution in [0, 0.1) is 0 Å². The summed E-state index contributed by atoms with van der Waals surface area (Å²) in [6.45, 7) is 7.90. The molecule has 0 heterocycles. The molecule has 1 aliphatic carbocycles. The Bertz CT molecular complexity index is 1080. The Balaban J connectivity index is 1.36. The second kappa shape index (κ2) is 9.96. The lowest BCUT2D eigenvalue weighted by Gasteiger charge is -2.24. The van der Waals surface area contributed by atoms with Gasteiger partial charge in [0.2, 0.25) is 0 Å². The summed E-state index contributed by atoms with van der Waals surface area (Å²) >= 11 is 0. The molecule has 0 aliphatic heterocycles. The van der Waals surface area contributed by atoms with Crippen molar-refractivity contribution >= 4 is 16.7 Å². The average molecular weight is 446 g/mol. The van der Waals surface area contributed by atoms with Crippen molar-refractivity contribution in [2.45, 2.75) is 70.6 Å². The lowest BCUT2D eigenvalue weighted by atomic mass is 9.96. The van der Waals surface area contributed by atoms with Crippen LogP contribution in [0.4, 0.5) is 0 Å². The minimum atomic E-state index is -1.00. The molecule has 1 aliphatic rings. The maximum Gasteiger partial charge on any atom is 0.349 e. The molecule has 1 N–H and O–H groups in total. The van der Waals surface area contributed by atoms with E-state index in [2.05, 4.69) is 66.8 Å². The van der Waals surface area contributed by atoms with Crippen LogP contribution in [-0.2, 0) is 9.53 Å². The van der Waals surface area contributed by atoms with Crippen LogP contribution in [0.3, 0.4) is 0 Å². The van der Waals surface area contributed by atoms with Gasteiger partial charge < -0.3 is 14.8 Å². The van der Waals surface area contributed by atoms with E-state index in [1.54, 1.807) is 20.8 Å². The van der Waals surface area contributed by atoms with Crippen molar-refractivity contribution in [1.82, 2.24) is 5.32 Å². The molecule has 0 radical (unpaired) electrons. The van der Waals surface area contributed by atoms with E-state index < -0.39 is 5.60 Å². The summed E-state index contributed by atoms with van der Waals surface area (Å²) in [7, 11) is 0. The predicted octanol–water partition coefficient (Wildman–Crippen LogP) is 6.55. The van der Waals surface area contributed by atoms with E-state index in [9.17, 15) is 4.79 Å². The second-order valence-electron chi connectivity index (χ2n) is 9.57. The molecule has 0 unspecified atom stereocenters. The molecule has 174 valence electrons. The third-order valence-electron chi connectivity index (χ3n) is 6.70. The van der Waals surface area contributed by atoms with Gasteiger partial charge in [-0.2, -0.15) is 0 Å². The van der Waals surface area contributed by atoms with Gasteiger partial charge in [-0.25, -0.2) is 4.79 Å². The molecule has 0 spiro atoms. The third kappa shape index (κ3) is 5.39. The van der Waals surface area contributed by atoms with Crippen molar-refractivity contribution in [1.29, 1.82) is 0 Å². The fourth-order valence-electron chi connectivity index (χ4n) is 4.96. The quantitative estimate of drug-likeness (QED) is 0.400. The Kier molecular flexibility index (Phi) is 7.04. The Morgan fingerprint density at radius 1 is 1.03 bits per heavy atom. The SMILES string of the molecule is CCOC(=O)C(C)(C)Oc1ccc([C@@H]2CC[C@H](N[C@H](C)c3cccc4ccccc34)C2)cc1. The van der Waals surface area contributed by atoms with Crippen molar-refractivity contribution in [2.75, 3.05) is 6.61 Å². The number of fused-ring (bicyclic) bond motifs is 1. The van der Waals surface area contributed by atoms with Gasteiger partial charge >= 0.3 is 5.97 Å². The van der Waals surface area contributed by atoms with Crippen LogP contribution in [-0.4, -0.2) is 24.2 Å². The predicted molar refractivity (Wildman–Crippen MR) is 134 cm³/mol. The molecule has 0 bridgehead atoms. The lowest BCUT2D eigenvalue weighted by Crippen LogP contribution is -2.39. The molecular weight excluding hydrogens is 410 g/mol. The van der Waals surface area contributed by atoms with E-state index in [1.165, 1.54) is 34.7 Å². The van der Waals surface area contributed by atoms with E-state index in [1.807, 2.05) is 12.1 Å². The van der Waals surface area contributed by atoms with Gasteiger partial charge in [0.1, 0.15) is 5.75 Å². The van der Waals surface area contributed by atoms with Crippen LogP contribution >= 0.6 is 0 Å². The van der Waals surface area contributed by atoms with E-state index in [4.69, 9.17) is 9.47 Å². The van der Waals surface area contributed by atoms with Crippen molar-refractivity contribution in [3.63, 3.8) is 0 Å². The number of rotatable bonds is 8. The van der Waals surface area contributed by atoms with Gasteiger partial charge in [0, 0.05) is 12.1 Å². The molecule has 3 aromatic carbocycles. The highest BCUT2D eigenvalue weighted by molar-refractivity contribution is 5.86. The number of carbonyl (C=O) groups excluding carboxylic acids is 1. The molecule has 33 heavy (non-hydrogen) atoms. The van der Waals surface area contributed by atoms with Gasteiger partial charge in [0.15, 0.2) is 5.60 Å². The summed E-state index contributed by atoms with van der Waals surface area (Å²) in [6.07, 6.45) is 3.48.